The van der Waals surface area contributed by atoms with E-state index < -0.39 is 7.25 Å². The maximum Gasteiger partial charge on any atom is 0.673 e. The zero-order valence-corrected chi connectivity index (χ0v) is 11.2. The molecular formula is C13H17BF4N2. The largest absolute Gasteiger partial charge is 0.673 e. The molecule has 0 saturated heterocycles. The van der Waals surface area contributed by atoms with Gasteiger partial charge in [-0.15, -0.1) is 0 Å². The molecule has 0 N–H and O–H groups in total. The second kappa shape index (κ2) is 7.72. The molecule has 2 aromatic rings. The van der Waals surface area contributed by atoms with Crippen LogP contribution in [-0.2, 0) is 6.54 Å². The van der Waals surface area contributed by atoms with Crippen LogP contribution < -0.4 is 4.57 Å². The molecular weight excluding hydrogens is 271 g/mol. The van der Waals surface area contributed by atoms with E-state index in [1.165, 1.54) is 18.5 Å². The van der Waals surface area contributed by atoms with E-state index in [0.29, 0.717) is 0 Å². The van der Waals surface area contributed by atoms with Crippen LogP contribution in [0.25, 0.3) is 5.69 Å². The summed E-state index contributed by atoms with van der Waals surface area (Å²) in [5.41, 5.74) is 1.22. The van der Waals surface area contributed by atoms with Crippen molar-refractivity contribution < 1.29 is 21.8 Å². The van der Waals surface area contributed by atoms with Crippen LogP contribution in [0.1, 0.15) is 19.8 Å². The Morgan fingerprint density at radius 1 is 1.10 bits per heavy atom. The van der Waals surface area contributed by atoms with Gasteiger partial charge < -0.3 is 17.3 Å². The highest BCUT2D eigenvalue weighted by Gasteiger charge is 2.20. The Balaban J connectivity index is 0.000000347. The molecule has 1 aromatic heterocycles. The Labute approximate surface area is 115 Å². The van der Waals surface area contributed by atoms with Gasteiger partial charge in [-0.25, -0.2) is 9.13 Å². The predicted molar refractivity (Wildman–Crippen MR) is 71.1 cm³/mol. The lowest BCUT2D eigenvalue weighted by Crippen LogP contribution is -2.30. The lowest BCUT2D eigenvalue weighted by molar-refractivity contribution is -0.696. The van der Waals surface area contributed by atoms with Crippen LogP contribution in [-0.4, -0.2) is 11.8 Å². The molecule has 2 nitrogen and oxygen atoms in total. The molecule has 0 saturated carbocycles. The fourth-order valence-electron chi connectivity index (χ4n) is 1.62. The zero-order chi connectivity index (χ0) is 15.0. The summed E-state index contributed by atoms with van der Waals surface area (Å²) in [7, 11) is -6.00. The molecule has 7 heteroatoms. The third kappa shape index (κ3) is 6.96. The highest BCUT2D eigenvalue weighted by molar-refractivity contribution is 6.50. The Morgan fingerprint density at radius 2 is 1.70 bits per heavy atom. The number of para-hydroxylation sites is 1. The zero-order valence-electron chi connectivity index (χ0n) is 11.2. The Bertz CT molecular complexity index is 491. The van der Waals surface area contributed by atoms with Crippen LogP contribution >= 0.6 is 0 Å². The minimum atomic E-state index is -6.00. The van der Waals surface area contributed by atoms with Crippen LogP contribution in [0.3, 0.4) is 0 Å². The number of imidazole rings is 1. The molecule has 0 amide bonds. The van der Waals surface area contributed by atoms with Gasteiger partial charge in [-0.1, -0.05) is 31.5 Å². The van der Waals surface area contributed by atoms with Crippen molar-refractivity contribution >= 4 is 7.25 Å². The molecule has 0 radical (unpaired) electrons. The van der Waals surface area contributed by atoms with Crippen molar-refractivity contribution in [2.75, 3.05) is 0 Å². The average Bonchev–Trinajstić information content (AvgIpc) is 2.84. The molecule has 1 aromatic carbocycles. The van der Waals surface area contributed by atoms with Crippen LogP contribution in [0.5, 0.6) is 0 Å². The van der Waals surface area contributed by atoms with Crippen molar-refractivity contribution in [3.63, 3.8) is 0 Å². The predicted octanol–water partition coefficient (Wildman–Crippen LogP) is 3.86. The number of nitrogens with zero attached hydrogens (tertiary/aromatic N) is 2. The van der Waals surface area contributed by atoms with Crippen LogP contribution in [0.2, 0.25) is 0 Å². The third-order valence-corrected chi connectivity index (χ3v) is 2.52. The first-order valence-electron chi connectivity index (χ1n) is 6.40. The molecule has 110 valence electrons. The maximum atomic E-state index is 9.75. The van der Waals surface area contributed by atoms with Gasteiger partial charge in [-0.3, -0.25) is 0 Å². The number of hydrogen-bond donors (Lipinski definition) is 0. The summed E-state index contributed by atoms with van der Waals surface area (Å²) >= 11 is 0. The number of aromatic nitrogens is 2. The van der Waals surface area contributed by atoms with Gasteiger partial charge >= 0.3 is 7.25 Å². The van der Waals surface area contributed by atoms with Gasteiger partial charge in [0, 0.05) is 0 Å². The van der Waals surface area contributed by atoms with Crippen molar-refractivity contribution in [1.29, 1.82) is 0 Å². The molecule has 0 aliphatic rings. The normalized spacial score (nSPS) is 10.8. The molecule has 0 bridgehead atoms. The lowest BCUT2D eigenvalue weighted by atomic mass is 10.3. The van der Waals surface area contributed by atoms with E-state index >= 15 is 0 Å². The SMILES string of the molecule is CCCC[n+]1ccn(-c2ccccc2)c1.F[B-](F)(F)F. The Hall–Kier alpha value is -1.79. The highest BCUT2D eigenvalue weighted by atomic mass is 19.5. The van der Waals surface area contributed by atoms with Crippen molar-refractivity contribution in [2.24, 2.45) is 0 Å². The van der Waals surface area contributed by atoms with Gasteiger partial charge in [-0.2, -0.15) is 0 Å². The molecule has 0 aliphatic carbocycles. The summed E-state index contributed by atoms with van der Waals surface area (Å²) in [6.45, 7) is 3.32. The molecule has 0 fully saturated rings. The van der Waals surface area contributed by atoms with Crippen molar-refractivity contribution in [2.45, 2.75) is 26.3 Å². The van der Waals surface area contributed by atoms with Crippen molar-refractivity contribution in [3.8, 4) is 5.69 Å². The fourth-order valence-corrected chi connectivity index (χ4v) is 1.62. The van der Waals surface area contributed by atoms with E-state index in [-0.39, 0.29) is 0 Å². The van der Waals surface area contributed by atoms with Gasteiger partial charge in [0.1, 0.15) is 18.1 Å². The fraction of sp³-hybridized carbons (Fsp3) is 0.308. The first-order valence-corrected chi connectivity index (χ1v) is 6.40. The topological polar surface area (TPSA) is 8.81 Å². The summed E-state index contributed by atoms with van der Waals surface area (Å²) < 4.78 is 43.4. The minimum Gasteiger partial charge on any atom is -0.418 e. The monoisotopic (exact) mass is 288 g/mol. The molecule has 0 spiro atoms. The molecule has 1 heterocycles. The number of benzene rings is 1. The van der Waals surface area contributed by atoms with E-state index in [1.54, 1.807) is 0 Å². The summed E-state index contributed by atoms with van der Waals surface area (Å²) in [6.07, 6.45) is 8.85. The number of unbranched alkanes of at least 4 members (excludes halogenated alkanes) is 1. The van der Waals surface area contributed by atoms with E-state index in [9.17, 15) is 17.3 Å². The Kier molecular flexibility index (Phi) is 6.28. The molecule has 2 rings (SSSR count). The lowest BCUT2D eigenvalue weighted by Gasteiger charge is -1.94. The van der Waals surface area contributed by atoms with Crippen LogP contribution in [0, 0.1) is 0 Å². The van der Waals surface area contributed by atoms with Crippen LogP contribution in [0.4, 0.5) is 17.3 Å². The van der Waals surface area contributed by atoms with E-state index in [0.717, 1.165) is 6.54 Å². The van der Waals surface area contributed by atoms with Gasteiger partial charge in [0.2, 0.25) is 6.33 Å². The molecule has 20 heavy (non-hydrogen) atoms. The number of halogens is 4. The highest BCUT2D eigenvalue weighted by Crippen LogP contribution is 2.06. The smallest absolute Gasteiger partial charge is 0.418 e. The third-order valence-electron chi connectivity index (χ3n) is 2.52. The molecule has 0 atom stereocenters. The van der Waals surface area contributed by atoms with Gasteiger partial charge in [0.05, 0.1) is 6.54 Å². The number of aryl methyl sites for hydroxylation is 1. The van der Waals surface area contributed by atoms with E-state index in [1.807, 2.05) is 6.07 Å². The van der Waals surface area contributed by atoms with Gasteiger partial charge in [0.25, 0.3) is 0 Å². The van der Waals surface area contributed by atoms with E-state index in [2.05, 4.69) is 59.0 Å². The van der Waals surface area contributed by atoms with Crippen molar-refractivity contribution in [1.82, 2.24) is 4.57 Å². The summed E-state index contributed by atoms with van der Waals surface area (Å²) in [4.78, 5) is 0. The first kappa shape index (κ1) is 16.3. The maximum absolute atomic E-state index is 9.75. The average molecular weight is 288 g/mol. The van der Waals surface area contributed by atoms with E-state index in [4.69, 9.17) is 0 Å². The molecule has 0 aliphatic heterocycles. The summed E-state index contributed by atoms with van der Waals surface area (Å²) in [6, 6.07) is 10.4. The van der Waals surface area contributed by atoms with Gasteiger partial charge in [0.15, 0.2) is 0 Å². The number of rotatable bonds is 4. The second-order valence-corrected chi connectivity index (χ2v) is 4.24. The first-order chi connectivity index (χ1) is 9.40. The summed E-state index contributed by atoms with van der Waals surface area (Å²) in [5.74, 6) is 0. The Morgan fingerprint density at radius 3 is 2.25 bits per heavy atom. The second-order valence-electron chi connectivity index (χ2n) is 4.24. The molecule has 0 unspecified atom stereocenters. The standard InChI is InChI=1S/C13H17N2.BF4/c1-2-3-9-14-10-11-15(12-14)13-7-5-4-6-8-13;2-1(3,4)5/h4-8,10-12H,2-3,9H2,1H3;/q+1;-1. The minimum absolute atomic E-state index is 1.11. The van der Waals surface area contributed by atoms with Crippen LogP contribution in [0.15, 0.2) is 49.1 Å². The summed E-state index contributed by atoms with van der Waals surface area (Å²) in [5, 5.41) is 0. The van der Waals surface area contributed by atoms with Gasteiger partial charge in [-0.05, 0) is 18.6 Å². The number of hydrogen-bond acceptors (Lipinski definition) is 0. The quantitative estimate of drug-likeness (QED) is 0.459. The van der Waals surface area contributed by atoms with Crippen molar-refractivity contribution in [3.05, 3.63) is 49.1 Å².